The zero-order chi connectivity index (χ0) is 11.1. The lowest BCUT2D eigenvalue weighted by molar-refractivity contribution is 0.265. The van der Waals surface area contributed by atoms with Gasteiger partial charge >= 0.3 is 0 Å². The van der Waals surface area contributed by atoms with Gasteiger partial charge in [-0.3, -0.25) is 0 Å². The zero-order valence-corrected chi connectivity index (χ0v) is 9.54. The lowest BCUT2D eigenvalue weighted by Gasteiger charge is -1.93. The van der Waals surface area contributed by atoms with Gasteiger partial charge in [0.2, 0.25) is 0 Å². The van der Waals surface area contributed by atoms with Gasteiger partial charge in [-0.1, -0.05) is 38.7 Å². The summed E-state index contributed by atoms with van der Waals surface area (Å²) in [6.07, 6.45) is 9.55. The fourth-order valence-corrected chi connectivity index (χ4v) is 0.926. The SMILES string of the molecule is C=CCCCC.OCCCCCCO. The van der Waals surface area contributed by atoms with Crippen LogP contribution in [0.1, 0.15) is 51.9 Å². The van der Waals surface area contributed by atoms with Gasteiger partial charge in [0.25, 0.3) is 0 Å². The van der Waals surface area contributed by atoms with E-state index in [-0.39, 0.29) is 13.2 Å². The molecule has 86 valence electrons. The Labute approximate surface area is 88.7 Å². The highest BCUT2D eigenvalue weighted by Crippen LogP contribution is 1.96. The van der Waals surface area contributed by atoms with Crippen molar-refractivity contribution in [3.05, 3.63) is 12.7 Å². The molecule has 0 unspecified atom stereocenters. The van der Waals surface area contributed by atoms with Gasteiger partial charge in [-0.2, -0.15) is 0 Å². The third-order valence-electron chi connectivity index (χ3n) is 1.83. The number of hydrogen-bond acceptors (Lipinski definition) is 2. The van der Waals surface area contributed by atoms with Crippen molar-refractivity contribution in [3.8, 4) is 0 Å². The molecule has 0 heterocycles. The molecule has 14 heavy (non-hydrogen) atoms. The van der Waals surface area contributed by atoms with E-state index in [2.05, 4.69) is 13.5 Å². The summed E-state index contributed by atoms with van der Waals surface area (Å²) in [6, 6.07) is 0. The van der Waals surface area contributed by atoms with Crippen molar-refractivity contribution in [1.82, 2.24) is 0 Å². The summed E-state index contributed by atoms with van der Waals surface area (Å²) >= 11 is 0. The van der Waals surface area contributed by atoms with Gasteiger partial charge in [-0.25, -0.2) is 0 Å². The predicted molar refractivity (Wildman–Crippen MR) is 62.4 cm³/mol. The van der Waals surface area contributed by atoms with Crippen LogP contribution in [-0.4, -0.2) is 23.4 Å². The Morgan fingerprint density at radius 2 is 1.43 bits per heavy atom. The molecule has 0 aromatic carbocycles. The highest BCUT2D eigenvalue weighted by Gasteiger charge is 1.84. The average molecular weight is 202 g/mol. The zero-order valence-electron chi connectivity index (χ0n) is 9.54. The van der Waals surface area contributed by atoms with Crippen LogP contribution in [0.3, 0.4) is 0 Å². The standard InChI is InChI=1S/C6H14O2.C6H12/c7-5-3-1-2-4-6-8;1-3-5-6-4-2/h7-8H,1-6H2;3H,1,4-6H2,2H3. The first kappa shape index (κ1) is 16.1. The molecular formula is C12H26O2. The van der Waals surface area contributed by atoms with E-state index in [0.717, 1.165) is 25.7 Å². The molecule has 0 saturated carbocycles. The number of allylic oxidation sites excluding steroid dienone is 1. The van der Waals surface area contributed by atoms with Crippen LogP contribution in [0.25, 0.3) is 0 Å². The minimum atomic E-state index is 0.283. The fourth-order valence-electron chi connectivity index (χ4n) is 0.926. The van der Waals surface area contributed by atoms with Crippen molar-refractivity contribution in [2.24, 2.45) is 0 Å². The quantitative estimate of drug-likeness (QED) is 0.469. The number of aliphatic hydroxyl groups is 2. The van der Waals surface area contributed by atoms with Crippen molar-refractivity contribution in [2.45, 2.75) is 51.9 Å². The van der Waals surface area contributed by atoms with Crippen molar-refractivity contribution < 1.29 is 10.2 Å². The molecule has 0 aliphatic heterocycles. The first-order valence-corrected chi connectivity index (χ1v) is 5.66. The molecule has 2 N–H and O–H groups in total. The van der Waals surface area contributed by atoms with Gasteiger partial charge in [-0.15, -0.1) is 6.58 Å². The van der Waals surface area contributed by atoms with Crippen LogP contribution in [-0.2, 0) is 0 Å². The van der Waals surface area contributed by atoms with Crippen molar-refractivity contribution in [2.75, 3.05) is 13.2 Å². The van der Waals surface area contributed by atoms with Gasteiger partial charge in [0, 0.05) is 13.2 Å². The second-order valence-electron chi connectivity index (χ2n) is 3.29. The van der Waals surface area contributed by atoms with Gasteiger partial charge < -0.3 is 10.2 Å². The Hall–Kier alpha value is -0.340. The van der Waals surface area contributed by atoms with E-state index < -0.39 is 0 Å². The van der Waals surface area contributed by atoms with Crippen molar-refractivity contribution >= 4 is 0 Å². The maximum absolute atomic E-state index is 8.30. The van der Waals surface area contributed by atoms with Gasteiger partial charge in [0.15, 0.2) is 0 Å². The Morgan fingerprint density at radius 1 is 0.929 bits per heavy atom. The van der Waals surface area contributed by atoms with Gasteiger partial charge in [0.1, 0.15) is 0 Å². The summed E-state index contributed by atoms with van der Waals surface area (Å²) in [7, 11) is 0. The fraction of sp³-hybridized carbons (Fsp3) is 0.833. The predicted octanol–water partition coefficient (Wildman–Crippen LogP) is 2.89. The second-order valence-corrected chi connectivity index (χ2v) is 3.29. The number of rotatable bonds is 8. The lowest BCUT2D eigenvalue weighted by atomic mass is 10.2. The molecule has 0 radical (unpaired) electrons. The molecular weight excluding hydrogens is 176 g/mol. The maximum Gasteiger partial charge on any atom is 0.0431 e. The van der Waals surface area contributed by atoms with E-state index in [1.165, 1.54) is 19.3 Å². The molecule has 0 atom stereocenters. The van der Waals surface area contributed by atoms with Crippen LogP contribution in [0.4, 0.5) is 0 Å². The molecule has 0 aromatic rings. The summed E-state index contributed by atoms with van der Waals surface area (Å²) in [5, 5.41) is 16.6. The molecule has 0 rings (SSSR count). The monoisotopic (exact) mass is 202 g/mol. The normalized spacial score (nSPS) is 9.07. The lowest BCUT2D eigenvalue weighted by Crippen LogP contribution is -1.85. The Balaban J connectivity index is 0. The highest BCUT2D eigenvalue weighted by atomic mass is 16.3. The number of hydrogen-bond donors (Lipinski definition) is 2. The maximum atomic E-state index is 8.30. The Morgan fingerprint density at radius 3 is 1.64 bits per heavy atom. The molecule has 0 amide bonds. The van der Waals surface area contributed by atoms with Crippen LogP contribution in [0, 0.1) is 0 Å². The van der Waals surface area contributed by atoms with Gasteiger partial charge in [-0.05, 0) is 19.3 Å². The first-order valence-electron chi connectivity index (χ1n) is 5.66. The van der Waals surface area contributed by atoms with Crippen LogP contribution in [0.5, 0.6) is 0 Å². The van der Waals surface area contributed by atoms with Crippen molar-refractivity contribution in [3.63, 3.8) is 0 Å². The second kappa shape index (κ2) is 18.4. The summed E-state index contributed by atoms with van der Waals surface area (Å²) in [5.41, 5.74) is 0. The Kier molecular flexibility index (Phi) is 21.2. The van der Waals surface area contributed by atoms with E-state index in [1.54, 1.807) is 0 Å². The summed E-state index contributed by atoms with van der Waals surface area (Å²) in [5.74, 6) is 0. The van der Waals surface area contributed by atoms with E-state index >= 15 is 0 Å². The molecule has 0 aromatic heterocycles. The molecule has 0 aliphatic carbocycles. The molecule has 0 saturated heterocycles. The topological polar surface area (TPSA) is 40.5 Å². The minimum absolute atomic E-state index is 0.283. The third kappa shape index (κ3) is 22.6. The highest BCUT2D eigenvalue weighted by molar-refractivity contribution is 4.64. The Bertz CT molecular complexity index is 86.3. The molecule has 2 nitrogen and oxygen atoms in total. The molecule has 0 fully saturated rings. The number of unbranched alkanes of at least 4 members (excludes halogenated alkanes) is 5. The van der Waals surface area contributed by atoms with Crippen LogP contribution in [0.15, 0.2) is 12.7 Å². The molecule has 0 bridgehead atoms. The van der Waals surface area contributed by atoms with Crippen LogP contribution in [0.2, 0.25) is 0 Å². The van der Waals surface area contributed by atoms with E-state index in [9.17, 15) is 0 Å². The van der Waals surface area contributed by atoms with Crippen LogP contribution < -0.4 is 0 Å². The van der Waals surface area contributed by atoms with E-state index in [1.807, 2.05) is 6.08 Å². The van der Waals surface area contributed by atoms with Gasteiger partial charge in [0.05, 0.1) is 0 Å². The third-order valence-corrected chi connectivity index (χ3v) is 1.83. The van der Waals surface area contributed by atoms with Crippen molar-refractivity contribution in [1.29, 1.82) is 0 Å². The average Bonchev–Trinajstić information content (AvgIpc) is 2.22. The van der Waals surface area contributed by atoms with Crippen LogP contribution >= 0.6 is 0 Å². The minimum Gasteiger partial charge on any atom is -0.396 e. The van der Waals surface area contributed by atoms with E-state index in [4.69, 9.17) is 10.2 Å². The van der Waals surface area contributed by atoms with E-state index in [0.29, 0.717) is 0 Å². The largest absolute Gasteiger partial charge is 0.396 e. The number of aliphatic hydroxyl groups excluding tert-OH is 2. The molecule has 0 spiro atoms. The smallest absolute Gasteiger partial charge is 0.0431 e. The summed E-state index contributed by atoms with van der Waals surface area (Å²) in [4.78, 5) is 0. The molecule has 0 aliphatic rings. The summed E-state index contributed by atoms with van der Waals surface area (Å²) in [6.45, 7) is 6.35. The first-order chi connectivity index (χ1) is 6.83. The molecule has 2 heteroatoms. The summed E-state index contributed by atoms with van der Waals surface area (Å²) < 4.78 is 0.